The molecule has 0 saturated carbocycles. The lowest BCUT2D eigenvalue weighted by molar-refractivity contribution is -0.139. The second-order valence-corrected chi connectivity index (χ2v) is 6.17. The maximum atomic E-state index is 13.0. The summed E-state index contributed by atoms with van der Waals surface area (Å²) in [7, 11) is 0. The van der Waals surface area contributed by atoms with Gasteiger partial charge in [-0.3, -0.25) is 14.4 Å². The van der Waals surface area contributed by atoms with Crippen LogP contribution in [0.15, 0.2) is 47.1 Å². The Bertz CT molecular complexity index is 813. The molecule has 1 fully saturated rings. The molecule has 7 nitrogen and oxygen atoms in total. The van der Waals surface area contributed by atoms with E-state index >= 15 is 0 Å². The Morgan fingerprint density at radius 2 is 1.96 bits per heavy atom. The third-order valence-corrected chi connectivity index (χ3v) is 4.43. The summed E-state index contributed by atoms with van der Waals surface area (Å²) in [6.45, 7) is 4.29. The fourth-order valence-corrected chi connectivity index (χ4v) is 3.13. The fourth-order valence-electron chi connectivity index (χ4n) is 3.13. The highest BCUT2D eigenvalue weighted by Gasteiger charge is 2.44. The minimum Gasteiger partial charge on any atom is -0.494 e. The number of benzene rings is 1. The van der Waals surface area contributed by atoms with Crippen molar-refractivity contribution < 1.29 is 23.5 Å². The highest BCUT2D eigenvalue weighted by atomic mass is 16.5. The molecule has 1 aromatic heterocycles. The van der Waals surface area contributed by atoms with Crippen LogP contribution in [-0.2, 0) is 20.9 Å². The van der Waals surface area contributed by atoms with Crippen LogP contribution in [0.25, 0.3) is 0 Å². The first-order chi connectivity index (χ1) is 13.0. The van der Waals surface area contributed by atoms with Gasteiger partial charge in [0.05, 0.1) is 31.5 Å². The summed E-state index contributed by atoms with van der Waals surface area (Å²) in [6.07, 6.45) is 1.71. The highest BCUT2D eigenvalue weighted by Crippen LogP contribution is 2.28. The SMILES string of the molecule is CCOc1ccc(N2C(=O)C[C@H](N(Cc3ccco3)C(=O)CC)C2=O)cc1. The van der Waals surface area contributed by atoms with Crippen molar-refractivity contribution in [2.75, 3.05) is 11.5 Å². The second-order valence-electron chi connectivity index (χ2n) is 6.17. The Balaban J connectivity index is 1.83. The first kappa shape index (κ1) is 18.7. The standard InChI is InChI=1S/C20H22N2O5/c1-3-18(23)21(13-16-6-5-11-27-16)17-12-19(24)22(20(17)25)14-7-9-15(10-8-14)26-4-2/h5-11,17H,3-4,12-13H2,1-2H3/t17-/m0/s1. The molecule has 0 N–H and O–H groups in total. The molecule has 142 valence electrons. The van der Waals surface area contributed by atoms with Gasteiger partial charge in [-0.15, -0.1) is 0 Å². The van der Waals surface area contributed by atoms with Crippen molar-refractivity contribution in [3.63, 3.8) is 0 Å². The zero-order chi connectivity index (χ0) is 19.4. The van der Waals surface area contributed by atoms with Crippen molar-refractivity contribution in [2.45, 2.75) is 39.3 Å². The monoisotopic (exact) mass is 370 g/mol. The Labute approximate surface area is 157 Å². The van der Waals surface area contributed by atoms with Crippen LogP contribution in [0.4, 0.5) is 5.69 Å². The topological polar surface area (TPSA) is 80.1 Å². The second kappa shape index (κ2) is 8.07. The van der Waals surface area contributed by atoms with Gasteiger partial charge in [-0.2, -0.15) is 0 Å². The molecule has 0 radical (unpaired) electrons. The molecule has 0 unspecified atom stereocenters. The van der Waals surface area contributed by atoms with E-state index in [0.29, 0.717) is 23.8 Å². The van der Waals surface area contributed by atoms with Gasteiger partial charge in [0.25, 0.3) is 5.91 Å². The van der Waals surface area contributed by atoms with E-state index in [0.717, 1.165) is 4.90 Å². The van der Waals surface area contributed by atoms with Crippen molar-refractivity contribution in [3.8, 4) is 5.75 Å². The number of furan rings is 1. The van der Waals surface area contributed by atoms with Gasteiger partial charge in [0, 0.05) is 6.42 Å². The van der Waals surface area contributed by atoms with Crippen molar-refractivity contribution in [1.29, 1.82) is 0 Å². The molecule has 7 heteroatoms. The van der Waals surface area contributed by atoms with Gasteiger partial charge in [0.2, 0.25) is 11.8 Å². The van der Waals surface area contributed by atoms with Gasteiger partial charge < -0.3 is 14.1 Å². The number of ether oxygens (including phenoxy) is 1. The molecular formula is C20H22N2O5. The molecule has 3 amide bonds. The Kier molecular flexibility index (Phi) is 5.59. The van der Waals surface area contributed by atoms with E-state index in [1.807, 2.05) is 6.92 Å². The van der Waals surface area contributed by atoms with Crippen LogP contribution in [0.3, 0.4) is 0 Å². The lowest BCUT2D eigenvalue weighted by atomic mass is 10.2. The Morgan fingerprint density at radius 1 is 1.22 bits per heavy atom. The van der Waals surface area contributed by atoms with Crippen molar-refractivity contribution >= 4 is 23.4 Å². The van der Waals surface area contributed by atoms with Gasteiger partial charge in [-0.1, -0.05) is 6.92 Å². The third kappa shape index (κ3) is 3.86. The minimum atomic E-state index is -0.832. The van der Waals surface area contributed by atoms with Crippen LogP contribution >= 0.6 is 0 Å². The van der Waals surface area contributed by atoms with Crippen molar-refractivity contribution in [3.05, 3.63) is 48.4 Å². The van der Waals surface area contributed by atoms with Gasteiger partial charge >= 0.3 is 0 Å². The highest BCUT2D eigenvalue weighted by molar-refractivity contribution is 6.23. The Morgan fingerprint density at radius 3 is 2.56 bits per heavy atom. The van der Waals surface area contributed by atoms with Gasteiger partial charge in [0.15, 0.2) is 0 Å². The molecule has 2 aromatic rings. The summed E-state index contributed by atoms with van der Waals surface area (Å²) >= 11 is 0. The molecular weight excluding hydrogens is 348 g/mol. The van der Waals surface area contributed by atoms with E-state index in [-0.39, 0.29) is 31.2 Å². The maximum absolute atomic E-state index is 13.0. The van der Waals surface area contributed by atoms with Gasteiger partial charge in [-0.05, 0) is 43.3 Å². The number of amides is 3. The lowest BCUT2D eigenvalue weighted by Gasteiger charge is -2.26. The molecule has 27 heavy (non-hydrogen) atoms. The summed E-state index contributed by atoms with van der Waals surface area (Å²) in [5.74, 6) is 0.292. The van der Waals surface area contributed by atoms with Crippen LogP contribution in [0.2, 0.25) is 0 Å². The van der Waals surface area contributed by atoms with E-state index in [1.54, 1.807) is 43.3 Å². The van der Waals surface area contributed by atoms with E-state index < -0.39 is 11.9 Å². The van der Waals surface area contributed by atoms with E-state index in [9.17, 15) is 14.4 Å². The zero-order valence-electron chi connectivity index (χ0n) is 15.4. The van der Waals surface area contributed by atoms with E-state index in [4.69, 9.17) is 9.15 Å². The number of imide groups is 1. The van der Waals surface area contributed by atoms with E-state index in [2.05, 4.69) is 0 Å². The zero-order valence-corrected chi connectivity index (χ0v) is 15.4. The predicted octanol–water partition coefficient (Wildman–Crippen LogP) is 2.75. The predicted molar refractivity (Wildman–Crippen MR) is 98.1 cm³/mol. The first-order valence-corrected chi connectivity index (χ1v) is 8.96. The van der Waals surface area contributed by atoms with Crippen LogP contribution in [0, 0.1) is 0 Å². The quantitative estimate of drug-likeness (QED) is 0.700. The molecule has 1 aromatic carbocycles. The number of carbonyl (C=O) groups excluding carboxylic acids is 3. The number of nitrogens with zero attached hydrogens (tertiary/aromatic N) is 2. The molecule has 2 heterocycles. The molecule has 1 aliphatic heterocycles. The smallest absolute Gasteiger partial charge is 0.257 e. The van der Waals surface area contributed by atoms with Gasteiger partial charge in [0.1, 0.15) is 17.6 Å². The normalized spacial score (nSPS) is 16.7. The molecule has 3 rings (SSSR count). The molecule has 0 bridgehead atoms. The summed E-state index contributed by atoms with van der Waals surface area (Å²) in [4.78, 5) is 40.5. The number of anilines is 1. The minimum absolute atomic E-state index is 0.0432. The lowest BCUT2D eigenvalue weighted by Crippen LogP contribution is -2.44. The molecule has 0 aliphatic carbocycles. The molecule has 1 atom stereocenters. The average Bonchev–Trinajstić information content (AvgIpc) is 3.28. The van der Waals surface area contributed by atoms with Crippen molar-refractivity contribution in [2.24, 2.45) is 0 Å². The number of rotatable bonds is 7. The summed E-state index contributed by atoms with van der Waals surface area (Å²) in [5.41, 5.74) is 0.470. The van der Waals surface area contributed by atoms with E-state index in [1.165, 1.54) is 11.2 Å². The average molecular weight is 370 g/mol. The summed E-state index contributed by atoms with van der Waals surface area (Å²) in [6, 6.07) is 9.39. The number of hydrogen-bond donors (Lipinski definition) is 0. The molecule has 0 spiro atoms. The van der Waals surface area contributed by atoms with Crippen LogP contribution in [-0.4, -0.2) is 35.3 Å². The largest absolute Gasteiger partial charge is 0.494 e. The fraction of sp³-hybridized carbons (Fsp3) is 0.350. The molecule has 1 saturated heterocycles. The summed E-state index contributed by atoms with van der Waals surface area (Å²) in [5, 5.41) is 0. The van der Waals surface area contributed by atoms with Gasteiger partial charge in [-0.25, -0.2) is 4.90 Å². The van der Waals surface area contributed by atoms with Crippen LogP contribution in [0.1, 0.15) is 32.4 Å². The maximum Gasteiger partial charge on any atom is 0.257 e. The summed E-state index contributed by atoms with van der Waals surface area (Å²) < 4.78 is 10.7. The molecule has 1 aliphatic rings. The first-order valence-electron chi connectivity index (χ1n) is 8.96. The third-order valence-electron chi connectivity index (χ3n) is 4.43. The number of hydrogen-bond acceptors (Lipinski definition) is 5. The van der Waals surface area contributed by atoms with Crippen LogP contribution < -0.4 is 9.64 Å². The van der Waals surface area contributed by atoms with Crippen molar-refractivity contribution in [1.82, 2.24) is 4.90 Å². The number of carbonyl (C=O) groups is 3. The Hall–Kier alpha value is -3.09. The van der Waals surface area contributed by atoms with Crippen LogP contribution in [0.5, 0.6) is 5.75 Å².